The van der Waals surface area contributed by atoms with E-state index in [0.717, 1.165) is 63.9 Å². The Kier molecular flexibility index (Phi) is 6.93. The second kappa shape index (κ2) is 9.82. The quantitative estimate of drug-likeness (QED) is 0.650. The van der Waals surface area contributed by atoms with E-state index in [0.29, 0.717) is 12.0 Å². The number of methoxy groups -OCH3 is 1. The number of nitrogens with zero attached hydrogens (tertiary/aromatic N) is 2. The van der Waals surface area contributed by atoms with Gasteiger partial charge in [0, 0.05) is 38.1 Å². The minimum absolute atomic E-state index is 0.376. The summed E-state index contributed by atoms with van der Waals surface area (Å²) in [5.74, 6) is 2.26. The van der Waals surface area contributed by atoms with Crippen LogP contribution >= 0.6 is 0 Å². The molecule has 0 N–H and O–H groups in total. The highest BCUT2D eigenvalue weighted by atomic mass is 16.5. The predicted molar refractivity (Wildman–Crippen MR) is 120 cm³/mol. The van der Waals surface area contributed by atoms with Crippen LogP contribution in [0.1, 0.15) is 36.0 Å². The minimum atomic E-state index is 0.376. The third kappa shape index (κ3) is 4.97. The van der Waals surface area contributed by atoms with E-state index in [-0.39, 0.29) is 0 Å². The molecule has 1 fully saturated rings. The van der Waals surface area contributed by atoms with Gasteiger partial charge in [0.1, 0.15) is 11.5 Å². The minimum Gasteiger partial charge on any atom is -0.497 e. The van der Waals surface area contributed by atoms with Gasteiger partial charge in [0.25, 0.3) is 0 Å². The molecule has 0 amide bonds. The van der Waals surface area contributed by atoms with Gasteiger partial charge in [-0.3, -0.25) is 4.90 Å². The molecule has 0 radical (unpaired) electrons. The number of morpholine rings is 1. The zero-order valence-corrected chi connectivity index (χ0v) is 18.5. The van der Waals surface area contributed by atoms with Crippen LogP contribution in [0.5, 0.6) is 11.5 Å². The van der Waals surface area contributed by atoms with E-state index in [4.69, 9.17) is 14.2 Å². The smallest absolute Gasteiger partial charge is 0.119 e. The zero-order valence-electron chi connectivity index (χ0n) is 18.5. The molecule has 0 unspecified atom stereocenters. The van der Waals surface area contributed by atoms with Gasteiger partial charge in [-0.1, -0.05) is 18.2 Å². The molecule has 30 heavy (non-hydrogen) atoms. The van der Waals surface area contributed by atoms with Crippen LogP contribution in [-0.2, 0) is 11.3 Å². The maximum Gasteiger partial charge on any atom is 0.119 e. The Hall–Kier alpha value is -2.08. The van der Waals surface area contributed by atoms with Crippen molar-refractivity contribution in [1.82, 2.24) is 9.80 Å². The second-order valence-corrected chi connectivity index (χ2v) is 8.55. The van der Waals surface area contributed by atoms with Crippen molar-refractivity contribution < 1.29 is 14.2 Å². The summed E-state index contributed by atoms with van der Waals surface area (Å²) in [6.45, 7) is 8.76. The normalized spacial score (nSPS) is 22.5. The Balaban J connectivity index is 1.38. The van der Waals surface area contributed by atoms with Crippen LogP contribution in [0.25, 0.3) is 0 Å². The number of likely N-dealkylation sites (N-methyl/N-ethyl adjacent to an activating group) is 1. The summed E-state index contributed by atoms with van der Waals surface area (Å²) in [5.41, 5.74) is 4.11. The van der Waals surface area contributed by atoms with Crippen molar-refractivity contribution in [3.63, 3.8) is 0 Å². The van der Waals surface area contributed by atoms with Crippen LogP contribution in [0, 0.1) is 0 Å². The number of benzene rings is 2. The van der Waals surface area contributed by atoms with Crippen LogP contribution in [0.2, 0.25) is 0 Å². The maximum atomic E-state index is 6.11. The summed E-state index contributed by atoms with van der Waals surface area (Å²) in [6.07, 6.45) is 1.04. The van der Waals surface area contributed by atoms with E-state index < -0.39 is 0 Å². The Bertz CT molecular complexity index is 824. The van der Waals surface area contributed by atoms with Crippen LogP contribution in [0.3, 0.4) is 0 Å². The van der Waals surface area contributed by atoms with Crippen molar-refractivity contribution in [3.8, 4) is 11.5 Å². The Morgan fingerprint density at radius 2 is 1.90 bits per heavy atom. The van der Waals surface area contributed by atoms with Crippen molar-refractivity contribution in [3.05, 3.63) is 59.2 Å². The molecule has 0 saturated carbocycles. The average Bonchev–Trinajstić information content (AvgIpc) is 2.77. The molecule has 0 bridgehead atoms. The fourth-order valence-electron chi connectivity index (χ4n) is 4.59. The van der Waals surface area contributed by atoms with Gasteiger partial charge in [-0.05, 0) is 61.3 Å². The van der Waals surface area contributed by atoms with Crippen molar-refractivity contribution >= 4 is 0 Å². The predicted octanol–water partition coefficient (Wildman–Crippen LogP) is 3.76. The second-order valence-electron chi connectivity index (χ2n) is 8.55. The fourth-order valence-corrected chi connectivity index (χ4v) is 4.59. The van der Waals surface area contributed by atoms with Crippen molar-refractivity contribution in [2.24, 2.45) is 0 Å². The molecule has 2 atom stereocenters. The third-order valence-corrected chi connectivity index (χ3v) is 6.31. The highest BCUT2D eigenvalue weighted by Crippen LogP contribution is 2.35. The molecule has 0 spiro atoms. The lowest BCUT2D eigenvalue weighted by Crippen LogP contribution is -2.44. The van der Waals surface area contributed by atoms with E-state index in [1.54, 1.807) is 7.11 Å². The van der Waals surface area contributed by atoms with Crippen molar-refractivity contribution in [2.45, 2.75) is 31.8 Å². The summed E-state index contributed by atoms with van der Waals surface area (Å²) in [4.78, 5) is 4.88. The first-order valence-electron chi connectivity index (χ1n) is 11.0. The van der Waals surface area contributed by atoms with Crippen LogP contribution in [-0.4, -0.2) is 69.5 Å². The van der Waals surface area contributed by atoms with Gasteiger partial charge >= 0.3 is 0 Å². The number of rotatable bonds is 7. The molecule has 5 heteroatoms. The first-order chi connectivity index (χ1) is 14.6. The Morgan fingerprint density at radius 3 is 2.67 bits per heavy atom. The molecule has 0 aromatic heterocycles. The molecule has 2 aromatic rings. The van der Waals surface area contributed by atoms with E-state index in [9.17, 15) is 0 Å². The fraction of sp³-hybridized carbons (Fsp3) is 0.520. The number of ether oxygens (including phenoxy) is 3. The van der Waals surface area contributed by atoms with Gasteiger partial charge in [0.2, 0.25) is 0 Å². The molecule has 2 heterocycles. The SMILES string of the molecule is COc1ccc([C@@H]2CN(C)Cc3cc(OCCCN4CCOC[C@@H]4C)ccc32)cc1. The highest BCUT2D eigenvalue weighted by Gasteiger charge is 2.25. The molecule has 1 saturated heterocycles. The summed E-state index contributed by atoms with van der Waals surface area (Å²) >= 11 is 0. The molecule has 162 valence electrons. The summed E-state index contributed by atoms with van der Waals surface area (Å²) in [6, 6.07) is 15.6. The summed E-state index contributed by atoms with van der Waals surface area (Å²) in [5, 5.41) is 0. The molecule has 0 aliphatic carbocycles. The number of hydrogen-bond donors (Lipinski definition) is 0. The van der Waals surface area contributed by atoms with Crippen molar-refractivity contribution in [1.29, 1.82) is 0 Å². The van der Waals surface area contributed by atoms with Crippen molar-refractivity contribution in [2.75, 3.05) is 53.6 Å². The Morgan fingerprint density at radius 1 is 1.10 bits per heavy atom. The van der Waals surface area contributed by atoms with Gasteiger partial charge in [-0.2, -0.15) is 0 Å². The van der Waals surface area contributed by atoms with E-state index in [1.165, 1.54) is 16.7 Å². The summed E-state index contributed by atoms with van der Waals surface area (Å²) < 4.78 is 16.9. The lowest BCUT2D eigenvalue weighted by Gasteiger charge is -2.33. The molecule has 2 aliphatic heterocycles. The monoisotopic (exact) mass is 410 g/mol. The lowest BCUT2D eigenvalue weighted by atomic mass is 9.84. The third-order valence-electron chi connectivity index (χ3n) is 6.31. The molecular weight excluding hydrogens is 376 g/mol. The molecule has 5 nitrogen and oxygen atoms in total. The zero-order chi connectivity index (χ0) is 20.9. The van der Waals surface area contributed by atoms with E-state index in [2.05, 4.69) is 66.2 Å². The van der Waals surface area contributed by atoms with Crippen LogP contribution < -0.4 is 9.47 Å². The average molecular weight is 411 g/mol. The largest absolute Gasteiger partial charge is 0.497 e. The lowest BCUT2D eigenvalue weighted by molar-refractivity contribution is -0.00201. The molecule has 4 rings (SSSR count). The van der Waals surface area contributed by atoms with Gasteiger partial charge in [0.15, 0.2) is 0 Å². The summed E-state index contributed by atoms with van der Waals surface area (Å²) in [7, 11) is 3.90. The van der Waals surface area contributed by atoms with Gasteiger partial charge in [-0.15, -0.1) is 0 Å². The first kappa shape index (κ1) is 21.2. The molecule has 2 aliphatic rings. The van der Waals surface area contributed by atoms with Crippen LogP contribution in [0.4, 0.5) is 0 Å². The van der Waals surface area contributed by atoms with Crippen LogP contribution in [0.15, 0.2) is 42.5 Å². The standard InChI is InChI=1S/C25H34N2O3/c1-19-18-29-14-12-27(19)11-4-13-30-23-9-10-24-21(15-23)16-26(2)17-25(24)20-5-7-22(28-3)8-6-20/h5-10,15,19,25H,4,11-14,16-18H2,1-3H3/t19-,25-/m0/s1. The van der Waals surface area contributed by atoms with Gasteiger partial charge in [-0.25, -0.2) is 0 Å². The number of hydrogen-bond acceptors (Lipinski definition) is 5. The topological polar surface area (TPSA) is 34.2 Å². The molecular formula is C25H34N2O3. The van der Waals surface area contributed by atoms with Gasteiger partial charge in [0.05, 0.1) is 26.9 Å². The molecule has 2 aromatic carbocycles. The van der Waals surface area contributed by atoms with Gasteiger partial charge < -0.3 is 19.1 Å². The number of fused-ring (bicyclic) bond motifs is 1. The van der Waals surface area contributed by atoms with E-state index >= 15 is 0 Å². The highest BCUT2D eigenvalue weighted by molar-refractivity contribution is 5.45. The Labute approximate surface area is 180 Å². The first-order valence-corrected chi connectivity index (χ1v) is 11.0. The maximum absolute atomic E-state index is 6.11. The van der Waals surface area contributed by atoms with E-state index in [1.807, 2.05) is 0 Å².